The van der Waals surface area contributed by atoms with Gasteiger partial charge in [0, 0.05) is 20.9 Å². The summed E-state index contributed by atoms with van der Waals surface area (Å²) in [6.07, 6.45) is -3.20. The Bertz CT molecular complexity index is 981. The maximum absolute atomic E-state index is 11.9. The lowest BCUT2D eigenvalue weighted by atomic mass is 10.1. The van der Waals surface area contributed by atoms with Crippen molar-refractivity contribution < 1.29 is 33.3 Å². The number of nitrogens with zero attached hydrogens (tertiary/aromatic N) is 4. The number of carbonyl (C=O) groups excluding carboxylic acids is 3. The predicted octanol–water partition coefficient (Wildman–Crippen LogP) is 0.845. The van der Waals surface area contributed by atoms with Crippen LogP contribution in [0.4, 0.5) is 5.82 Å². The van der Waals surface area contributed by atoms with Crippen LogP contribution in [0.25, 0.3) is 11.2 Å². The van der Waals surface area contributed by atoms with E-state index in [9.17, 15) is 14.4 Å². The van der Waals surface area contributed by atoms with Gasteiger partial charge in [-0.2, -0.15) is 0 Å². The van der Waals surface area contributed by atoms with Crippen LogP contribution in [0.2, 0.25) is 5.28 Å². The van der Waals surface area contributed by atoms with Gasteiger partial charge in [-0.15, -0.1) is 0 Å². The Balaban J connectivity index is 2.10. The number of imidazole rings is 1. The number of carbonyl (C=O) groups is 3. The number of esters is 3. The van der Waals surface area contributed by atoms with Gasteiger partial charge in [-0.05, 0) is 11.6 Å². The standard InChI is InChI=1S/C17H20ClN5O7/c1-7(24)28-12-9(5-10(26)27-4)30-16(13(12)29-8(2)25)23-15-11(22-17(23)18)14(19-3)20-6-21-15/h6,9,12-13,16H,5H2,1-4H3,(H,19,20,21). The monoisotopic (exact) mass is 441 g/mol. The average molecular weight is 442 g/mol. The molecule has 3 rings (SSSR count). The molecule has 2 aromatic rings. The van der Waals surface area contributed by atoms with Crippen molar-refractivity contribution in [1.29, 1.82) is 0 Å². The van der Waals surface area contributed by atoms with Crippen LogP contribution < -0.4 is 5.32 Å². The van der Waals surface area contributed by atoms with Crippen LogP contribution in [-0.2, 0) is 33.3 Å². The Kier molecular flexibility index (Phi) is 6.37. The minimum Gasteiger partial charge on any atom is -0.469 e. The topological polar surface area (TPSA) is 144 Å². The second-order valence-corrected chi connectivity index (χ2v) is 6.73. The summed E-state index contributed by atoms with van der Waals surface area (Å²) < 4.78 is 22.8. The average Bonchev–Trinajstić information content (AvgIpc) is 3.17. The number of halogens is 1. The number of hydrogen-bond donors (Lipinski definition) is 1. The fourth-order valence-corrected chi connectivity index (χ4v) is 3.53. The number of fused-ring (bicyclic) bond motifs is 1. The van der Waals surface area contributed by atoms with Gasteiger partial charge in [-0.3, -0.25) is 19.0 Å². The van der Waals surface area contributed by atoms with Crippen LogP contribution in [0.1, 0.15) is 26.5 Å². The second kappa shape index (κ2) is 8.79. The van der Waals surface area contributed by atoms with E-state index in [2.05, 4.69) is 20.3 Å². The summed E-state index contributed by atoms with van der Waals surface area (Å²) in [5, 5.41) is 2.86. The van der Waals surface area contributed by atoms with E-state index >= 15 is 0 Å². The molecule has 30 heavy (non-hydrogen) atoms. The predicted molar refractivity (Wildman–Crippen MR) is 102 cm³/mol. The van der Waals surface area contributed by atoms with Crippen LogP contribution in [0, 0.1) is 0 Å². The van der Waals surface area contributed by atoms with Crippen LogP contribution >= 0.6 is 11.6 Å². The Morgan fingerprint density at radius 1 is 1.20 bits per heavy atom. The van der Waals surface area contributed by atoms with Crippen molar-refractivity contribution in [3.8, 4) is 0 Å². The summed E-state index contributed by atoms with van der Waals surface area (Å²) in [4.78, 5) is 47.8. The molecule has 0 aliphatic carbocycles. The molecule has 0 amide bonds. The smallest absolute Gasteiger partial charge is 0.308 e. The first kappa shape index (κ1) is 21.7. The Morgan fingerprint density at radius 3 is 2.47 bits per heavy atom. The van der Waals surface area contributed by atoms with Gasteiger partial charge >= 0.3 is 17.9 Å². The molecule has 1 fully saturated rings. The molecule has 0 aromatic carbocycles. The number of rotatable bonds is 6. The summed E-state index contributed by atoms with van der Waals surface area (Å²) in [5.41, 5.74) is 0.650. The lowest BCUT2D eigenvalue weighted by Crippen LogP contribution is -2.39. The number of nitrogens with one attached hydrogen (secondary N) is 1. The zero-order valence-corrected chi connectivity index (χ0v) is 17.4. The highest BCUT2D eigenvalue weighted by Crippen LogP contribution is 2.39. The van der Waals surface area contributed by atoms with E-state index in [1.807, 2.05) is 0 Å². The number of hydrogen-bond acceptors (Lipinski definition) is 11. The van der Waals surface area contributed by atoms with E-state index in [4.69, 9.17) is 30.5 Å². The third kappa shape index (κ3) is 4.14. The summed E-state index contributed by atoms with van der Waals surface area (Å²) in [6, 6.07) is 0. The van der Waals surface area contributed by atoms with E-state index in [1.165, 1.54) is 31.9 Å². The third-order valence-electron chi connectivity index (χ3n) is 4.41. The number of methoxy groups -OCH3 is 1. The Hall–Kier alpha value is -2.99. The molecule has 1 N–H and O–H groups in total. The molecule has 0 spiro atoms. The quantitative estimate of drug-likeness (QED) is 0.386. The van der Waals surface area contributed by atoms with Gasteiger partial charge in [0.2, 0.25) is 5.28 Å². The SMILES string of the molecule is CNc1ncnc2c1nc(Cl)n2C1OC(CC(=O)OC)C(OC(C)=O)C1OC(C)=O. The molecule has 3 heterocycles. The minimum atomic E-state index is -1.12. The first-order chi connectivity index (χ1) is 14.3. The largest absolute Gasteiger partial charge is 0.469 e. The molecule has 2 aromatic heterocycles. The second-order valence-electron chi connectivity index (χ2n) is 6.39. The fraction of sp³-hybridized carbons (Fsp3) is 0.529. The van der Waals surface area contributed by atoms with Crippen molar-refractivity contribution >= 4 is 46.5 Å². The molecule has 0 bridgehead atoms. The van der Waals surface area contributed by atoms with Crippen LogP contribution in [0.5, 0.6) is 0 Å². The van der Waals surface area contributed by atoms with Crippen LogP contribution in [0.3, 0.4) is 0 Å². The maximum atomic E-state index is 11.9. The highest BCUT2D eigenvalue weighted by Gasteiger charge is 2.51. The minimum absolute atomic E-state index is 0.0237. The summed E-state index contributed by atoms with van der Waals surface area (Å²) in [7, 11) is 2.88. The van der Waals surface area contributed by atoms with Gasteiger partial charge in [0.15, 0.2) is 35.4 Å². The van der Waals surface area contributed by atoms with Gasteiger partial charge in [0.05, 0.1) is 13.5 Å². The molecule has 13 heteroatoms. The van der Waals surface area contributed by atoms with Crippen molar-refractivity contribution in [2.75, 3.05) is 19.5 Å². The summed E-state index contributed by atoms with van der Waals surface area (Å²) in [5.74, 6) is -1.46. The van der Waals surface area contributed by atoms with E-state index < -0.39 is 42.4 Å². The third-order valence-corrected chi connectivity index (χ3v) is 4.68. The lowest BCUT2D eigenvalue weighted by Gasteiger charge is -2.24. The number of anilines is 1. The molecule has 12 nitrogen and oxygen atoms in total. The highest BCUT2D eigenvalue weighted by atomic mass is 35.5. The molecule has 0 radical (unpaired) electrons. The first-order valence-corrected chi connectivity index (χ1v) is 9.27. The highest BCUT2D eigenvalue weighted by molar-refractivity contribution is 6.29. The van der Waals surface area contributed by atoms with E-state index in [1.54, 1.807) is 7.05 Å². The lowest BCUT2D eigenvalue weighted by molar-refractivity contribution is -0.165. The van der Waals surface area contributed by atoms with Crippen molar-refractivity contribution in [2.45, 2.75) is 44.8 Å². The molecular formula is C17H20ClN5O7. The summed E-state index contributed by atoms with van der Waals surface area (Å²) >= 11 is 6.35. The van der Waals surface area contributed by atoms with Crippen molar-refractivity contribution in [2.24, 2.45) is 0 Å². The number of ether oxygens (including phenoxy) is 4. The van der Waals surface area contributed by atoms with Crippen molar-refractivity contribution in [3.05, 3.63) is 11.6 Å². The fourth-order valence-electron chi connectivity index (χ4n) is 3.27. The Labute approximate surface area is 175 Å². The van der Waals surface area contributed by atoms with E-state index in [0.29, 0.717) is 17.0 Å². The van der Waals surface area contributed by atoms with E-state index in [0.717, 1.165) is 0 Å². The van der Waals surface area contributed by atoms with E-state index in [-0.39, 0.29) is 11.7 Å². The van der Waals surface area contributed by atoms with Gasteiger partial charge in [-0.25, -0.2) is 15.0 Å². The van der Waals surface area contributed by atoms with Gasteiger partial charge in [-0.1, -0.05) is 0 Å². The molecule has 1 aliphatic rings. The Morgan fingerprint density at radius 2 is 1.87 bits per heavy atom. The summed E-state index contributed by atoms with van der Waals surface area (Å²) in [6.45, 7) is 2.39. The maximum Gasteiger partial charge on any atom is 0.308 e. The van der Waals surface area contributed by atoms with Crippen LogP contribution in [-0.4, -0.2) is 69.9 Å². The molecule has 1 saturated heterocycles. The zero-order valence-electron chi connectivity index (χ0n) is 16.6. The zero-order chi connectivity index (χ0) is 22.0. The van der Waals surface area contributed by atoms with Crippen molar-refractivity contribution in [3.63, 3.8) is 0 Å². The molecule has 0 saturated carbocycles. The van der Waals surface area contributed by atoms with Gasteiger partial charge in [0.25, 0.3) is 0 Å². The normalized spacial score (nSPS) is 23.2. The van der Waals surface area contributed by atoms with Gasteiger partial charge < -0.3 is 24.3 Å². The molecule has 4 atom stereocenters. The number of aromatic nitrogens is 4. The van der Waals surface area contributed by atoms with Crippen LogP contribution in [0.15, 0.2) is 6.33 Å². The molecule has 1 aliphatic heterocycles. The van der Waals surface area contributed by atoms with Gasteiger partial charge in [0.1, 0.15) is 12.4 Å². The van der Waals surface area contributed by atoms with Crippen molar-refractivity contribution in [1.82, 2.24) is 19.5 Å². The molecule has 4 unspecified atom stereocenters. The first-order valence-electron chi connectivity index (χ1n) is 8.89. The molecular weight excluding hydrogens is 422 g/mol. The molecule has 162 valence electrons.